The minimum Gasteiger partial charge on any atom is -0.504 e. The Morgan fingerprint density at radius 3 is 2.73 bits per heavy atom. The molecule has 4 nitrogen and oxygen atoms in total. The van der Waals surface area contributed by atoms with Crippen LogP contribution >= 0.6 is 0 Å². The van der Waals surface area contributed by atoms with Gasteiger partial charge < -0.3 is 20.7 Å². The van der Waals surface area contributed by atoms with Crippen molar-refractivity contribution >= 4 is 0 Å². The Labute approximate surface area is 89.3 Å². The average molecular weight is 211 g/mol. The Morgan fingerprint density at radius 2 is 2.20 bits per heavy atom. The topological polar surface area (TPSA) is 75.7 Å². The van der Waals surface area contributed by atoms with Crippen LogP contribution < -0.4 is 10.5 Å². The average Bonchev–Trinajstić information content (AvgIpc) is 2.25. The Balaban J connectivity index is 3.02. The molecule has 0 aliphatic rings. The molecule has 0 bridgehead atoms. The van der Waals surface area contributed by atoms with Gasteiger partial charge in [0.2, 0.25) is 0 Å². The molecule has 0 heterocycles. The van der Waals surface area contributed by atoms with Crippen molar-refractivity contribution < 1.29 is 14.9 Å². The highest BCUT2D eigenvalue weighted by molar-refractivity contribution is 5.47. The zero-order valence-electron chi connectivity index (χ0n) is 8.81. The van der Waals surface area contributed by atoms with Gasteiger partial charge in [-0.1, -0.05) is 12.1 Å². The molecule has 0 aromatic heterocycles. The number of aromatic hydroxyl groups is 1. The first-order valence-electron chi connectivity index (χ1n) is 5.00. The predicted molar refractivity (Wildman–Crippen MR) is 58.2 cm³/mol. The van der Waals surface area contributed by atoms with Crippen LogP contribution in [-0.4, -0.2) is 30.0 Å². The van der Waals surface area contributed by atoms with Gasteiger partial charge in [0.15, 0.2) is 11.5 Å². The fourth-order valence-electron chi connectivity index (χ4n) is 1.44. The summed E-state index contributed by atoms with van der Waals surface area (Å²) in [7, 11) is 0. The lowest BCUT2D eigenvalue weighted by Gasteiger charge is -2.15. The molecule has 0 aliphatic carbocycles. The van der Waals surface area contributed by atoms with Gasteiger partial charge in [-0.25, -0.2) is 0 Å². The van der Waals surface area contributed by atoms with Gasteiger partial charge in [-0.05, 0) is 13.0 Å². The second-order valence-corrected chi connectivity index (χ2v) is 3.24. The van der Waals surface area contributed by atoms with Crippen molar-refractivity contribution in [1.29, 1.82) is 0 Å². The summed E-state index contributed by atoms with van der Waals surface area (Å²) in [5, 5.41) is 19.0. The van der Waals surface area contributed by atoms with Crippen LogP contribution in [0.4, 0.5) is 0 Å². The zero-order valence-corrected chi connectivity index (χ0v) is 8.81. The molecule has 4 heteroatoms. The molecular formula is C11H17NO3. The molecule has 4 N–H and O–H groups in total. The number of hydrogen-bond acceptors (Lipinski definition) is 4. The SMILES string of the molecule is CCOc1cccc(C(CN)CO)c1O. The summed E-state index contributed by atoms with van der Waals surface area (Å²) >= 11 is 0. The van der Waals surface area contributed by atoms with Crippen molar-refractivity contribution in [3.63, 3.8) is 0 Å². The minimum atomic E-state index is -0.245. The lowest BCUT2D eigenvalue weighted by Crippen LogP contribution is -2.16. The van der Waals surface area contributed by atoms with E-state index < -0.39 is 0 Å². The van der Waals surface area contributed by atoms with Crippen molar-refractivity contribution in [1.82, 2.24) is 0 Å². The number of para-hydroxylation sites is 1. The van der Waals surface area contributed by atoms with Gasteiger partial charge in [0.1, 0.15) is 0 Å². The van der Waals surface area contributed by atoms with E-state index >= 15 is 0 Å². The number of aliphatic hydroxyl groups excluding tert-OH is 1. The first-order valence-corrected chi connectivity index (χ1v) is 5.00. The minimum absolute atomic E-state index is 0.0730. The number of rotatable bonds is 5. The predicted octanol–water partition coefficient (Wildman–Crippen LogP) is 0.825. The van der Waals surface area contributed by atoms with Gasteiger partial charge in [-0.3, -0.25) is 0 Å². The Hall–Kier alpha value is -1.26. The van der Waals surface area contributed by atoms with Crippen molar-refractivity contribution in [2.45, 2.75) is 12.8 Å². The zero-order chi connectivity index (χ0) is 11.3. The van der Waals surface area contributed by atoms with Crippen molar-refractivity contribution in [2.75, 3.05) is 19.8 Å². The summed E-state index contributed by atoms with van der Waals surface area (Å²) in [5.74, 6) is 0.260. The van der Waals surface area contributed by atoms with E-state index in [0.29, 0.717) is 24.5 Å². The van der Waals surface area contributed by atoms with Gasteiger partial charge in [-0.15, -0.1) is 0 Å². The second kappa shape index (κ2) is 5.58. The van der Waals surface area contributed by atoms with E-state index in [0.717, 1.165) is 0 Å². The van der Waals surface area contributed by atoms with Crippen molar-refractivity contribution in [2.24, 2.45) is 5.73 Å². The van der Waals surface area contributed by atoms with Crippen molar-refractivity contribution in [3.8, 4) is 11.5 Å². The molecule has 0 amide bonds. The summed E-state index contributed by atoms with van der Waals surface area (Å²) in [6.07, 6.45) is 0. The molecule has 1 rings (SSSR count). The standard InChI is InChI=1S/C11H17NO3/c1-2-15-10-5-3-4-9(11(10)14)8(6-12)7-13/h3-5,8,13-14H,2,6-7,12H2,1H3. The lowest BCUT2D eigenvalue weighted by molar-refractivity contribution is 0.262. The van der Waals surface area contributed by atoms with Crippen LogP contribution in [0.1, 0.15) is 18.4 Å². The fourth-order valence-corrected chi connectivity index (χ4v) is 1.44. The van der Waals surface area contributed by atoms with E-state index in [1.54, 1.807) is 18.2 Å². The molecule has 0 aliphatic heterocycles. The van der Waals surface area contributed by atoms with E-state index in [2.05, 4.69) is 0 Å². The molecule has 0 saturated carbocycles. The third kappa shape index (κ3) is 2.61. The van der Waals surface area contributed by atoms with Gasteiger partial charge in [0.05, 0.1) is 13.2 Å². The van der Waals surface area contributed by atoms with Crippen LogP contribution in [0.25, 0.3) is 0 Å². The van der Waals surface area contributed by atoms with Crippen LogP contribution in [0.15, 0.2) is 18.2 Å². The lowest BCUT2D eigenvalue weighted by atomic mass is 9.99. The first kappa shape index (κ1) is 11.8. The highest BCUT2D eigenvalue weighted by Crippen LogP contribution is 2.33. The van der Waals surface area contributed by atoms with Crippen LogP contribution in [0, 0.1) is 0 Å². The summed E-state index contributed by atoms with van der Waals surface area (Å²) < 4.78 is 5.24. The number of aliphatic hydroxyl groups is 1. The third-order valence-corrected chi connectivity index (χ3v) is 2.27. The normalized spacial score (nSPS) is 12.5. The maximum Gasteiger partial charge on any atom is 0.161 e. The van der Waals surface area contributed by atoms with Crippen LogP contribution in [0.5, 0.6) is 11.5 Å². The fraction of sp³-hybridized carbons (Fsp3) is 0.455. The summed E-state index contributed by atoms with van der Waals surface area (Å²) in [4.78, 5) is 0. The van der Waals surface area contributed by atoms with E-state index in [-0.39, 0.29) is 18.3 Å². The summed E-state index contributed by atoms with van der Waals surface area (Å²) in [5.41, 5.74) is 6.13. The number of ether oxygens (including phenoxy) is 1. The molecule has 0 radical (unpaired) electrons. The number of hydrogen-bond donors (Lipinski definition) is 3. The largest absolute Gasteiger partial charge is 0.504 e. The Bertz CT molecular complexity index is 311. The van der Waals surface area contributed by atoms with E-state index in [1.807, 2.05) is 6.92 Å². The van der Waals surface area contributed by atoms with Crippen LogP contribution in [0.2, 0.25) is 0 Å². The maximum atomic E-state index is 9.86. The van der Waals surface area contributed by atoms with Crippen molar-refractivity contribution in [3.05, 3.63) is 23.8 Å². The number of phenolic OH excluding ortho intramolecular Hbond substituents is 1. The molecule has 1 aromatic rings. The Kier molecular flexibility index (Phi) is 4.39. The van der Waals surface area contributed by atoms with E-state index in [9.17, 15) is 5.11 Å². The molecule has 1 aromatic carbocycles. The number of benzene rings is 1. The van der Waals surface area contributed by atoms with Gasteiger partial charge in [0.25, 0.3) is 0 Å². The molecule has 0 saturated heterocycles. The highest BCUT2D eigenvalue weighted by atomic mass is 16.5. The highest BCUT2D eigenvalue weighted by Gasteiger charge is 2.15. The quantitative estimate of drug-likeness (QED) is 0.674. The van der Waals surface area contributed by atoms with E-state index in [1.165, 1.54) is 0 Å². The molecule has 0 spiro atoms. The van der Waals surface area contributed by atoms with Gasteiger partial charge >= 0.3 is 0 Å². The Morgan fingerprint density at radius 1 is 1.47 bits per heavy atom. The molecule has 1 atom stereocenters. The summed E-state index contributed by atoms with van der Waals surface area (Å²) in [6.45, 7) is 2.54. The maximum absolute atomic E-state index is 9.86. The van der Waals surface area contributed by atoms with E-state index in [4.69, 9.17) is 15.6 Å². The van der Waals surface area contributed by atoms with Crippen LogP contribution in [0.3, 0.4) is 0 Å². The molecule has 15 heavy (non-hydrogen) atoms. The summed E-state index contributed by atoms with van der Waals surface area (Å²) in [6, 6.07) is 5.21. The first-order chi connectivity index (χ1) is 7.24. The third-order valence-electron chi connectivity index (χ3n) is 2.27. The molecule has 1 unspecified atom stereocenters. The monoisotopic (exact) mass is 211 g/mol. The van der Waals surface area contributed by atoms with Crippen LogP contribution in [-0.2, 0) is 0 Å². The smallest absolute Gasteiger partial charge is 0.161 e. The van der Waals surface area contributed by atoms with Gasteiger partial charge in [-0.2, -0.15) is 0 Å². The molecule has 84 valence electrons. The molecule has 0 fully saturated rings. The van der Waals surface area contributed by atoms with Gasteiger partial charge in [0, 0.05) is 18.0 Å². The second-order valence-electron chi connectivity index (χ2n) is 3.24. The molecular weight excluding hydrogens is 194 g/mol. The number of phenols is 1. The number of nitrogens with two attached hydrogens (primary N) is 1.